The third kappa shape index (κ3) is 5.76. The molecule has 0 aromatic heterocycles. The lowest BCUT2D eigenvalue weighted by Gasteiger charge is -2.19. The molecule has 1 N–H and O–H groups in total. The van der Waals surface area contributed by atoms with Crippen molar-refractivity contribution < 1.29 is 9.53 Å². The Morgan fingerprint density at radius 2 is 2.24 bits per heavy atom. The van der Waals surface area contributed by atoms with Gasteiger partial charge < -0.3 is 10.1 Å². The zero-order valence-electron chi connectivity index (χ0n) is 13.3. The van der Waals surface area contributed by atoms with Gasteiger partial charge in [0.25, 0.3) is 0 Å². The first kappa shape index (κ1) is 15.8. The van der Waals surface area contributed by atoms with Crippen molar-refractivity contribution in [1.29, 1.82) is 0 Å². The summed E-state index contributed by atoms with van der Waals surface area (Å²) >= 11 is 0. The maximum atomic E-state index is 11.9. The first-order valence-electron chi connectivity index (χ1n) is 7.72. The minimum atomic E-state index is 0.104. The maximum absolute atomic E-state index is 11.9. The van der Waals surface area contributed by atoms with Gasteiger partial charge in [-0.2, -0.15) is 0 Å². The van der Waals surface area contributed by atoms with Gasteiger partial charge in [-0.25, -0.2) is 0 Å². The molecular weight excluding hydrogens is 264 g/mol. The molecule has 1 atom stereocenters. The molecule has 1 saturated carbocycles. The first-order valence-corrected chi connectivity index (χ1v) is 7.72. The van der Waals surface area contributed by atoms with Gasteiger partial charge in [-0.15, -0.1) is 0 Å². The number of aryl methyl sites for hydroxylation is 1. The number of benzene rings is 1. The van der Waals surface area contributed by atoms with Gasteiger partial charge in [0.15, 0.2) is 0 Å². The fourth-order valence-corrected chi connectivity index (χ4v) is 2.36. The van der Waals surface area contributed by atoms with Crippen molar-refractivity contribution in [2.45, 2.75) is 32.7 Å². The van der Waals surface area contributed by atoms with Crippen LogP contribution in [0.2, 0.25) is 0 Å². The van der Waals surface area contributed by atoms with Gasteiger partial charge in [-0.05, 0) is 57.4 Å². The molecule has 1 aliphatic carbocycles. The van der Waals surface area contributed by atoms with E-state index < -0.39 is 0 Å². The molecule has 2 rings (SSSR count). The van der Waals surface area contributed by atoms with Crippen molar-refractivity contribution in [3.8, 4) is 5.75 Å². The normalized spacial score (nSPS) is 15.8. The molecule has 4 nitrogen and oxygen atoms in total. The van der Waals surface area contributed by atoms with E-state index >= 15 is 0 Å². The fraction of sp³-hybridized carbons (Fsp3) is 0.588. The highest BCUT2D eigenvalue weighted by Gasteiger charge is 2.28. The molecule has 1 aromatic carbocycles. The summed E-state index contributed by atoms with van der Waals surface area (Å²) in [5, 5.41) is 3.07. The molecular formula is C17H26N2O2. The van der Waals surface area contributed by atoms with Crippen LogP contribution in [-0.2, 0) is 4.79 Å². The van der Waals surface area contributed by atoms with Crippen LogP contribution in [0.3, 0.4) is 0 Å². The predicted octanol–water partition coefficient (Wildman–Crippen LogP) is 2.22. The van der Waals surface area contributed by atoms with Crippen LogP contribution < -0.4 is 10.1 Å². The molecule has 1 aromatic rings. The number of likely N-dealkylation sites (N-methyl/N-ethyl adjacent to an activating group) is 1. The van der Waals surface area contributed by atoms with Crippen LogP contribution in [0.15, 0.2) is 24.3 Å². The second-order valence-electron chi connectivity index (χ2n) is 6.10. The third-order valence-corrected chi connectivity index (χ3v) is 3.86. The Labute approximate surface area is 127 Å². The number of hydrogen-bond acceptors (Lipinski definition) is 3. The van der Waals surface area contributed by atoms with E-state index in [-0.39, 0.29) is 5.91 Å². The Morgan fingerprint density at radius 1 is 1.48 bits per heavy atom. The standard InChI is InChI=1S/C17H26N2O2/c1-13-5-4-6-16(11-13)21-10-9-19(3)12-17(20)18-14(2)15-7-8-15/h4-6,11,14-15H,7-10,12H2,1-3H3,(H,18,20). The van der Waals surface area contributed by atoms with Gasteiger partial charge in [-0.3, -0.25) is 9.69 Å². The number of carbonyl (C=O) groups excluding carboxylic acids is 1. The van der Waals surface area contributed by atoms with Gasteiger partial charge in [0.05, 0.1) is 6.54 Å². The highest BCUT2D eigenvalue weighted by molar-refractivity contribution is 5.78. The van der Waals surface area contributed by atoms with E-state index in [0.717, 1.165) is 12.3 Å². The van der Waals surface area contributed by atoms with Gasteiger partial charge in [0.2, 0.25) is 5.91 Å². The number of amides is 1. The molecule has 1 amide bonds. The van der Waals surface area contributed by atoms with Gasteiger partial charge in [0.1, 0.15) is 12.4 Å². The van der Waals surface area contributed by atoms with Crippen molar-refractivity contribution in [1.82, 2.24) is 10.2 Å². The molecule has 4 heteroatoms. The Hall–Kier alpha value is -1.55. The summed E-state index contributed by atoms with van der Waals surface area (Å²) in [6.07, 6.45) is 2.50. The lowest BCUT2D eigenvalue weighted by atomic mass is 10.2. The second kappa shape index (κ2) is 7.46. The molecule has 0 spiro atoms. The summed E-state index contributed by atoms with van der Waals surface area (Å²) in [6, 6.07) is 8.32. The topological polar surface area (TPSA) is 41.6 Å². The van der Waals surface area contributed by atoms with Crippen molar-refractivity contribution in [2.24, 2.45) is 5.92 Å². The second-order valence-corrected chi connectivity index (χ2v) is 6.10. The molecule has 0 heterocycles. The third-order valence-electron chi connectivity index (χ3n) is 3.86. The Balaban J connectivity index is 1.62. The Kier molecular flexibility index (Phi) is 5.62. The number of rotatable bonds is 8. The number of nitrogens with zero attached hydrogens (tertiary/aromatic N) is 1. The average Bonchev–Trinajstić information content (AvgIpc) is 3.22. The summed E-state index contributed by atoms with van der Waals surface area (Å²) < 4.78 is 5.69. The van der Waals surface area contributed by atoms with E-state index in [2.05, 4.69) is 12.2 Å². The molecule has 0 radical (unpaired) electrons. The van der Waals surface area contributed by atoms with Crippen LogP contribution in [0.5, 0.6) is 5.75 Å². The molecule has 1 fully saturated rings. The molecule has 0 saturated heterocycles. The van der Waals surface area contributed by atoms with E-state index in [0.29, 0.717) is 25.1 Å². The highest BCUT2D eigenvalue weighted by atomic mass is 16.5. The van der Waals surface area contributed by atoms with E-state index in [1.807, 2.05) is 43.1 Å². The summed E-state index contributed by atoms with van der Waals surface area (Å²) in [6.45, 7) is 5.89. The lowest BCUT2D eigenvalue weighted by Crippen LogP contribution is -2.41. The summed E-state index contributed by atoms with van der Waals surface area (Å²) in [4.78, 5) is 13.9. The predicted molar refractivity (Wildman–Crippen MR) is 84.5 cm³/mol. The summed E-state index contributed by atoms with van der Waals surface area (Å²) in [5.41, 5.74) is 1.19. The van der Waals surface area contributed by atoms with Crippen LogP contribution in [0.25, 0.3) is 0 Å². The van der Waals surface area contributed by atoms with Gasteiger partial charge in [-0.1, -0.05) is 12.1 Å². The smallest absolute Gasteiger partial charge is 0.234 e. The molecule has 1 aliphatic rings. The van der Waals surface area contributed by atoms with Crippen molar-refractivity contribution in [3.05, 3.63) is 29.8 Å². The van der Waals surface area contributed by atoms with E-state index in [1.54, 1.807) is 0 Å². The van der Waals surface area contributed by atoms with Crippen molar-refractivity contribution in [2.75, 3.05) is 26.7 Å². The molecule has 0 bridgehead atoms. The van der Waals surface area contributed by atoms with Crippen molar-refractivity contribution in [3.63, 3.8) is 0 Å². The monoisotopic (exact) mass is 290 g/mol. The number of ether oxygens (including phenoxy) is 1. The quantitative estimate of drug-likeness (QED) is 0.798. The van der Waals surface area contributed by atoms with Crippen LogP contribution in [-0.4, -0.2) is 43.6 Å². The van der Waals surface area contributed by atoms with Crippen LogP contribution in [0.1, 0.15) is 25.3 Å². The molecule has 0 aliphatic heterocycles. The largest absolute Gasteiger partial charge is 0.492 e. The van der Waals surface area contributed by atoms with Crippen LogP contribution >= 0.6 is 0 Å². The highest BCUT2D eigenvalue weighted by Crippen LogP contribution is 2.32. The maximum Gasteiger partial charge on any atom is 0.234 e. The zero-order valence-corrected chi connectivity index (χ0v) is 13.3. The number of hydrogen-bond donors (Lipinski definition) is 1. The summed E-state index contributed by atoms with van der Waals surface area (Å²) in [5.74, 6) is 1.69. The zero-order chi connectivity index (χ0) is 15.2. The van der Waals surface area contributed by atoms with E-state index in [4.69, 9.17) is 4.74 Å². The minimum absolute atomic E-state index is 0.104. The van der Waals surface area contributed by atoms with Crippen LogP contribution in [0.4, 0.5) is 0 Å². The molecule has 116 valence electrons. The fourth-order valence-electron chi connectivity index (χ4n) is 2.36. The minimum Gasteiger partial charge on any atom is -0.492 e. The lowest BCUT2D eigenvalue weighted by molar-refractivity contribution is -0.122. The number of nitrogens with one attached hydrogen (secondary N) is 1. The number of carbonyl (C=O) groups is 1. The summed E-state index contributed by atoms with van der Waals surface area (Å²) in [7, 11) is 1.95. The molecule has 1 unspecified atom stereocenters. The van der Waals surface area contributed by atoms with E-state index in [9.17, 15) is 4.79 Å². The SMILES string of the molecule is Cc1cccc(OCCN(C)CC(=O)NC(C)C2CC2)c1. The first-order chi connectivity index (χ1) is 10.0. The Bertz CT molecular complexity index is 472. The van der Waals surface area contributed by atoms with Gasteiger partial charge in [0, 0.05) is 12.6 Å². The molecule has 21 heavy (non-hydrogen) atoms. The van der Waals surface area contributed by atoms with Gasteiger partial charge >= 0.3 is 0 Å². The van der Waals surface area contributed by atoms with Crippen molar-refractivity contribution >= 4 is 5.91 Å². The van der Waals surface area contributed by atoms with E-state index in [1.165, 1.54) is 18.4 Å². The average molecular weight is 290 g/mol. The Morgan fingerprint density at radius 3 is 2.90 bits per heavy atom. The van der Waals surface area contributed by atoms with Crippen LogP contribution in [0, 0.1) is 12.8 Å².